The van der Waals surface area contributed by atoms with Gasteiger partial charge < -0.3 is 4.90 Å². The Morgan fingerprint density at radius 1 is 1.23 bits per heavy atom. The molecule has 122 valence electrons. The molecule has 22 heavy (non-hydrogen) atoms. The summed E-state index contributed by atoms with van der Waals surface area (Å²) in [6, 6.07) is 4.89. The lowest BCUT2D eigenvalue weighted by molar-refractivity contribution is -0.137. The zero-order chi connectivity index (χ0) is 16.2. The third-order valence-corrected chi connectivity index (χ3v) is 4.29. The number of halogens is 4. The number of amides is 1. The van der Waals surface area contributed by atoms with E-state index in [0.717, 1.165) is 37.8 Å². The van der Waals surface area contributed by atoms with Crippen LogP contribution in [-0.4, -0.2) is 18.3 Å². The predicted octanol–water partition coefficient (Wildman–Crippen LogP) is 4.86. The zero-order valence-corrected chi connectivity index (χ0v) is 13.0. The molecule has 1 fully saturated rings. The minimum absolute atomic E-state index is 0.233. The summed E-state index contributed by atoms with van der Waals surface area (Å²) in [5.74, 6) is -0.259. The molecule has 1 saturated carbocycles. The van der Waals surface area contributed by atoms with Crippen LogP contribution >= 0.6 is 11.6 Å². The van der Waals surface area contributed by atoms with Gasteiger partial charge in [0.25, 0.3) is 0 Å². The third-order valence-electron chi connectivity index (χ3n) is 4.07. The molecule has 0 radical (unpaired) electrons. The molecular weight excluding hydrogens is 315 g/mol. The van der Waals surface area contributed by atoms with Crippen LogP contribution in [0.5, 0.6) is 0 Å². The van der Waals surface area contributed by atoms with Crippen LogP contribution in [0, 0.1) is 5.92 Å². The molecule has 0 aromatic heterocycles. The quantitative estimate of drug-likeness (QED) is 0.721. The summed E-state index contributed by atoms with van der Waals surface area (Å²) in [7, 11) is 0. The number of benzene rings is 1. The van der Waals surface area contributed by atoms with Crippen LogP contribution in [0.3, 0.4) is 0 Å². The summed E-state index contributed by atoms with van der Waals surface area (Å²) in [6.45, 7) is 0.437. The fourth-order valence-corrected chi connectivity index (χ4v) is 3.05. The van der Waals surface area contributed by atoms with Crippen molar-refractivity contribution < 1.29 is 18.0 Å². The molecule has 1 aromatic rings. The molecule has 0 aliphatic heterocycles. The molecule has 0 bridgehead atoms. The average molecular weight is 334 g/mol. The van der Waals surface area contributed by atoms with Crippen molar-refractivity contribution in [1.82, 2.24) is 0 Å². The van der Waals surface area contributed by atoms with Crippen molar-refractivity contribution in [2.75, 3.05) is 17.3 Å². The van der Waals surface area contributed by atoms with E-state index in [9.17, 15) is 18.0 Å². The van der Waals surface area contributed by atoms with Crippen LogP contribution in [-0.2, 0) is 11.0 Å². The Morgan fingerprint density at radius 3 is 2.50 bits per heavy atom. The van der Waals surface area contributed by atoms with E-state index in [1.807, 2.05) is 0 Å². The Morgan fingerprint density at radius 2 is 1.91 bits per heavy atom. The van der Waals surface area contributed by atoms with E-state index in [1.165, 1.54) is 23.5 Å². The SMILES string of the molecule is O=C(CCl)N(CC1CCCCC1)c1cccc(C(F)(F)F)c1. The van der Waals surface area contributed by atoms with Crippen molar-refractivity contribution in [2.45, 2.75) is 38.3 Å². The number of nitrogens with zero attached hydrogens (tertiary/aromatic N) is 1. The largest absolute Gasteiger partial charge is 0.416 e. The van der Waals surface area contributed by atoms with Crippen LogP contribution in [0.25, 0.3) is 0 Å². The molecule has 0 N–H and O–H groups in total. The van der Waals surface area contributed by atoms with Gasteiger partial charge in [-0.1, -0.05) is 25.3 Å². The maximum atomic E-state index is 12.8. The molecule has 6 heteroatoms. The first-order valence-corrected chi connectivity index (χ1v) is 7.99. The van der Waals surface area contributed by atoms with Crippen LogP contribution in [0.1, 0.15) is 37.7 Å². The molecule has 0 spiro atoms. The van der Waals surface area contributed by atoms with E-state index in [1.54, 1.807) is 0 Å². The Bertz CT molecular complexity index is 512. The zero-order valence-electron chi connectivity index (χ0n) is 12.2. The first-order valence-electron chi connectivity index (χ1n) is 7.45. The van der Waals surface area contributed by atoms with Crippen molar-refractivity contribution in [2.24, 2.45) is 5.92 Å². The highest BCUT2D eigenvalue weighted by Crippen LogP contribution is 2.33. The predicted molar refractivity (Wildman–Crippen MR) is 81.1 cm³/mol. The van der Waals surface area contributed by atoms with E-state index in [0.29, 0.717) is 12.5 Å². The van der Waals surface area contributed by atoms with Crippen molar-refractivity contribution >= 4 is 23.2 Å². The van der Waals surface area contributed by atoms with E-state index >= 15 is 0 Å². The van der Waals surface area contributed by atoms with Crippen LogP contribution in [0.2, 0.25) is 0 Å². The van der Waals surface area contributed by atoms with Crippen molar-refractivity contribution in [1.29, 1.82) is 0 Å². The molecule has 2 nitrogen and oxygen atoms in total. The van der Waals surface area contributed by atoms with E-state index in [4.69, 9.17) is 11.6 Å². The average Bonchev–Trinajstić information content (AvgIpc) is 2.52. The van der Waals surface area contributed by atoms with Gasteiger partial charge in [0.15, 0.2) is 0 Å². The standard InChI is InChI=1S/C16H19ClF3NO/c17-10-15(22)21(11-12-5-2-1-3-6-12)14-8-4-7-13(9-14)16(18,19)20/h4,7-9,12H,1-3,5-6,10-11H2. The van der Waals surface area contributed by atoms with Gasteiger partial charge in [-0.05, 0) is 37.0 Å². The summed E-state index contributed by atoms with van der Waals surface area (Å²) >= 11 is 5.63. The number of hydrogen-bond acceptors (Lipinski definition) is 1. The topological polar surface area (TPSA) is 20.3 Å². The van der Waals surface area contributed by atoms with Crippen LogP contribution in [0.15, 0.2) is 24.3 Å². The highest BCUT2D eigenvalue weighted by molar-refractivity contribution is 6.29. The monoisotopic (exact) mass is 333 g/mol. The second kappa shape index (κ2) is 7.36. The van der Waals surface area contributed by atoms with Crippen LogP contribution in [0.4, 0.5) is 18.9 Å². The summed E-state index contributed by atoms with van der Waals surface area (Å²) in [5, 5.41) is 0. The summed E-state index contributed by atoms with van der Waals surface area (Å²) < 4.78 is 38.5. The lowest BCUT2D eigenvalue weighted by Gasteiger charge is -2.30. The first kappa shape index (κ1) is 17.1. The first-order chi connectivity index (χ1) is 10.4. The van der Waals surface area contributed by atoms with E-state index in [-0.39, 0.29) is 17.5 Å². The van der Waals surface area contributed by atoms with Gasteiger partial charge in [0.1, 0.15) is 5.88 Å². The number of alkyl halides is 4. The van der Waals surface area contributed by atoms with Gasteiger partial charge >= 0.3 is 6.18 Å². The number of anilines is 1. The molecule has 0 atom stereocenters. The molecular formula is C16H19ClF3NO. The highest BCUT2D eigenvalue weighted by Gasteiger charge is 2.31. The van der Waals surface area contributed by atoms with E-state index < -0.39 is 11.7 Å². The third kappa shape index (κ3) is 4.38. The maximum Gasteiger partial charge on any atom is 0.416 e. The normalized spacial score (nSPS) is 16.5. The lowest BCUT2D eigenvalue weighted by Crippen LogP contribution is -2.37. The van der Waals surface area contributed by atoms with Gasteiger partial charge in [-0.15, -0.1) is 11.6 Å². The van der Waals surface area contributed by atoms with Crippen LogP contribution < -0.4 is 4.90 Å². The Balaban J connectivity index is 2.23. The summed E-state index contributed by atoms with van der Waals surface area (Å²) in [5.41, 5.74) is -0.480. The molecule has 1 aliphatic carbocycles. The number of hydrogen-bond donors (Lipinski definition) is 0. The molecule has 1 amide bonds. The smallest absolute Gasteiger partial charge is 0.311 e. The highest BCUT2D eigenvalue weighted by atomic mass is 35.5. The Hall–Kier alpha value is -1.23. The Labute approximate surface area is 133 Å². The Kier molecular flexibility index (Phi) is 5.73. The van der Waals surface area contributed by atoms with Gasteiger partial charge in [-0.2, -0.15) is 13.2 Å². The fraction of sp³-hybridized carbons (Fsp3) is 0.562. The van der Waals surface area contributed by atoms with Gasteiger partial charge in [-0.3, -0.25) is 4.79 Å². The minimum Gasteiger partial charge on any atom is -0.311 e. The number of rotatable bonds is 4. The number of carbonyl (C=O) groups excluding carboxylic acids is 1. The summed E-state index contributed by atoms with van der Waals surface area (Å²) in [6.07, 6.45) is 0.989. The van der Waals surface area contributed by atoms with Gasteiger partial charge in [-0.25, -0.2) is 0 Å². The van der Waals surface area contributed by atoms with Gasteiger partial charge in [0.05, 0.1) is 5.56 Å². The second-order valence-corrected chi connectivity index (χ2v) is 5.96. The molecule has 1 aliphatic rings. The lowest BCUT2D eigenvalue weighted by atomic mass is 9.89. The second-order valence-electron chi connectivity index (χ2n) is 5.69. The van der Waals surface area contributed by atoms with Gasteiger partial charge in [0, 0.05) is 12.2 Å². The molecule has 0 saturated heterocycles. The van der Waals surface area contributed by atoms with Crippen molar-refractivity contribution in [3.63, 3.8) is 0 Å². The minimum atomic E-state index is -4.42. The maximum absolute atomic E-state index is 12.8. The van der Waals surface area contributed by atoms with Crippen molar-refractivity contribution in [3.05, 3.63) is 29.8 Å². The van der Waals surface area contributed by atoms with Gasteiger partial charge in [0.2, 0.25) is 5.91 Å². The molecule has 0 unspecified atom stereocenters. The fourth-order valence-electron chi connectivity index (χ4n) is 2.90. The van der Waals surface area contributed by atoms with Crippen molar-refractivity contribution in [3.8, 4) is 0 Å². The molecule has 0 heterocycles. The molecule has 2 rings (SSSR count). The summed E-state index contributed by atoms with van der Waals surface area (Å²) in [4.78, 5) is 13.5. The van der Waals surface area contributed by atoms with E-state index in [2.05, 4.69) is 0 Å². The molecule has 1 aromatic carbocycles. The number of carbonyl (C=O) groups is 1.